The van der Waals surface area contributed by atoms with Crippen molar-refractivity contribution < 1.29 is 24.4 Å². The van der Waals surface area contributed by atoms with Crippen LogP contribution in [-0.2, 0) is 19.2 Å². The molecule has 2 atom stereocenters. The second-order valence-corrected chi connectivity index (χ2v) is 7.63. The third-order valence-electron chi connectivity index (χ3n) is 5.40. The molecule has 4 amide bonds. The van der Waals surface area contributed by atoms with Crippen LogP contribution in [0.1, 0.15) is 24.0 Å². The van der Waals surface area contributed by atoms with Crippen LogP contribution < -0.4 is 9.80 Å². The molecule has 154 valence electrons. The van der Waals surface area contributed by atoms with Gasteiger partial charge in [0, 0.05) is 0 Å². The Hall–Kier alpha value is -3.36. The summed E-state index contributed by atoms with van der Waals surface area (Å²) in [5, 5.41) is 11.3. The van der Waals surface area contributed by atoms with E-state index in [0.717, 1.165) is 20.9 Å². The van der Waals surface area contributed by atoms with E-state index in [1.165, 1.54) is 0 Å². The first kappa shape index (κ1) is 19.9. The number of rotatable bonds is 4. The van der Waals surface area contributed by atoms with Crippen LogP contribution in [0.2, 0.25) is 0 Å². The molecule has 1 N–H and O–H groups in total. The molecule has 0 unspecified atom stereocenters. The van der Waals surface area contributed by atoms with Crippen LogP contribution in [0.15, 0.2) is 48.5 Å². The average molecular weight is 407 g/mol. The third kappa shape index (κ3) is 3.30. The SMILES string of the molecule is Cc1cccc(N2C(=O)C[C@@H](N(O)[C@H]3CC(=O)N(c4cccc(C)c4)C3=O)C2=O)c1. The molecule has 2 saturated heterocycles. The Morgan fingerprint density at radius 2 is 1.17 bits per heavy atom. The van der Waals surface area contributed by atoms with Gasteiger partial charge >= 0.3 is 0 Å². The number of imide groups is 2. The van der Waals surface area contributed by atoms with E-state index in [1.807, 2.05) is 26.0 Å². The van der Waals surface area contributed by atoms with Crippen molar-refractivity contribution in [2.45, 2.75) is 38.8 Å². The molecule has 0 aliphatic carbocycles. The van der Waals surface area contributed by atoms with Crippen LogP contribution in [0.3, 0.4) is 0 Å². The molecular formula is C22H21N3O5. The summed E-state index contributed by atoms with van der Waals surface area (Å²) in [4.78, 5) is 52.8. The normalized spacial score (nSPS) is 22.0. The molecule has 2 fully saturated rings. The maximum absolute atomic E-state index is 12.9. The number of hydrogen-bond acceptors (Lipinski definition) is 6. The fourth-order valence-corrected chi connectivity index (χ4v) is 3.94. The van der Waals surface area contributed by atoms with E-state index in [-0.39, 0.29) is 12.8 Å². The van der Waals surface area contributed by atoms with Crippen molar-refractivity contribution in [2.24, 2.45) is 0 Å². The lowest BCUT2D eigenvalue weighted by molar-refractivity contribution is -0.172. The molecule has 0 radical (unpaired) electrons. The van der Waals surface area contributed by atoms with Gasteiger partial charge in [-0.2, -0.15) is 5.06 Å². The fourth-order valence-electron chi connectivity index (χ4n) is 3.94. The molecular weight excluding hydrogens is 386 g/mol. The highest BCUT2D eigenvalue weighted by atomic mass is 16.5. The van der Waals surface area contributed by atoms with Crippen molar-refractivity contribution in [1.82, 2.24) is 5.06 Å². The van der Waals surface area contributed by atoms with Crippen LogP contribution >= 0.6 is 0 Å². The first-order valence-electron chi connectivity index (χ1n) is 9.62. The maximum Gasteiger partial charge on any atom is 0.254 e. The molecule has 2 aliphatic heterocycles. The van der Waals surface area contributed by atoms with E-state index in [9.17, 15) is 24.4 Å². The van der Waals surface area contributed by atoms with Crippen molar-refractivity contribution in [3.63, 3.8) is 0 Å². The zero-order valence-electron chi connectivity index (χ0n) is 16.6. The largest absolute Gasteiger partial charge is 0.312 e. The summed E-state index contributed by atoms with van der Waals surface area (Å²) in [5.41, 5.74) is 2.58. The smallest absolute Gasteiger partial charge is 0.254 e. The predicted octanol–water partition coefficient (Wildman–Crippen LogP) is 1.96. The van der Waals surface area contributed by atoms with Crippen LogP contribution in [-0.4, -0.2) is 46.0 Å². The fraction of sp³-hybridized carbons (Fsp3) is 0.273. The molecule has 2 heterocycles. The van der Waals surface area contributed by atoms with Gasteiger partial charge in [-0.3, -0.25) is 19.2 Å². The van der Waals surface area contributed by atoms with Gasteiger partial charge < -0.3 is 5.21 Å². The average Bonchev–Trinajstić information content (AvgIpc) is 3.16. The number of amides is 4. The zero-order valence-corrected chi connectivity index (χ0v) is 16.6. The van der Waals surface area contributed by atoms with Gasteiger partial charge in [0.1, 0.15) is 12.1 Å². The number of nitrogens with zero attached hydrogens (tertiary/aromatic N) is 3. The van der Waals surface area contributed by atoms with E-state index in [1.54, 1.807) is 36.4 Å². The lowest BCUT2D eigenvalue weighted by atomic mass is 10.1. The van der Waals surface area contributed by atoms with Crippen LogP contribution in [0.4, 0.5) is 11.4 Å². The van der Waals surface area contributed by atoms with Gasteiger partial charge in [-0.05, 0) is 49.2 Å². The Kier molecular flexibility index (Phi) is 4.97. The first-order valence-corrected chi connectivity index (χ1v) is 9.62. The molecule has 2 aliphatic rings. The minimum Gasteiger partial charge on any atom is -0.312 e. The van der Waals surface area contributed by atoms with Gasteiger partial charge in [-0.25, -0.2) is 9.80 Å². The number of aryl methyl sites for hydroxylation is 2. The van der Waals surface area contributed by atoms with Crippen molar-refractivity contribution >= 4 is 35.0 Å². The number of carbonyl (C=O) groups is 4. The van der Waals surface area contributed by atoms with Gasteiger partial charge in [0.25, 0.3) is 11.8 Å². The van der Waals surface area contributed by atoms with Gasteiger partial charge in [0.05, 0.1) is 24.2 Å². The van der Waals surface area contributed by atoms with E-state index in [2.05, 4.69) is 0 Å². The van der Waals surface area contributed by atoms with Crippen LogP contribution in [0, 0.1) is 13.8 Å². The summed E-state index contributed by atoms with van der Waals surface area (Å²) < 4.78 is 0. The lowest BCUT2D eigenvalue weighted by Crippen LogP contribution is -2.49. The second-order valence-electron chi connectivity index (χ2n) is 7.63. The highest BCUT2D eigenvalue weighted by Gasteiger charge is 2.50. The van der Waals surface area contributed by atoms with Gasteiger partial charge in [0.2, 0.25) is 11.8 Å². The van der Waals surface area contributed by atoms with Crippen molar-refractivity contribution in [3.05, 3.63) is 59.7 Å². The van der Waals surface area contributed by atoms with Gasteiger partial charge in [-0.1, -0.05) is 24.3 Å². The number of anilines is 2. The summed E-state index contributed by atoms with van der Waals surface area (Å²) in [6, 6.07) is 11.4. The van der Waals surface area contributed by atoms with Crippen molar-refractivity contribution in [3.8, 4) is 0 Å². The molecule has 4 rings (SSSR count). The highest BCUT2D eigenvalue weighted by molar-refractivity contribution is 6.24. The molecule has 0 saturated carbocycles. The first-order chi connectivity index (χ1) is 14.3. The standard InChI is InChI=1S/C22H21N3O5/c1-13-5-3-7-15(9-13)23-19(26)11-17(21(23)28)25(30)18-12-20(27)24(22(18)29)16-8-4-6-14(2)10-16/h3-10,17-18,30H,11-12H2,1-2H3/t17-,18+. The van der Waals surface area contributed by atoms with Crippen LogP contribution in [0.25, 0.3) is 0 Å². The Labute approximate surface area is 173 Å². The summed E-state index contributed by atoms with van der Waals surface area (Å²) in [6.45, 7) is 3.68. The number of hydroxylamine groups is 2. The van der Waals surface area contributed by atoms with E-state index >= 15 is 0 Å². The Morgan fingerprint density at radius 3 is 1.53 bits per heavy atom. The van der Waals surface area contributed by atoms with E-state index < -0.39 is 35.7 Å². The van der Waals surface area contributed by atoms with Crippen molar-refractivity contribution in [2.75, 3.05) is 9.80 Å². The molecule has 0 bridgehead atoms. The molecule has 2 aromatic rings. The minimum absolute atomic E-state index is 0.272. The van der Waals surface area contributed by atoms with Crippen LogP contribution in [0.5, 0.6) is 0 Å². The summed E-state index contributed by atoms with van der Waals surface area (Å²) in [6.07, 6.45) is -0.544. The van der Waals surface area contributed by atoms with E-state index in [0.29, 0.717) is 16.4 Å². The number of carbonyl (C=O) groups excluding carboxylic acids is 4. The van der Waals surface area contributed by atoms with Gasteiger partial charge in [-0.15, -0.1) is 0 Å². The number of benzene rings is 2. The molecule has 8 nitrogen and oxygen atoms in total. The second kappa shape index (κ2) is 7.47. The molecule has 0 aromatic heterocycles. The maximum atomic E-state index is 12.9. The minimum atomic E-state index is -1.22. The number of hydrogen-bond donors (Lipinski definition) is 1. The Balaban J connectivity index is 1.57. The summed E-state index contributed by atoms with van der Waals surface area (Å²) in [7, 11) is 0. The third-order valence-corrected chi connectivity index (χ3v) is 5.40. The summed E-state index contributed by atoms with van der Waals surface area (Å²) >= 11 is 0. The predicted molar refractivity (Wildman–Crippen MR) is 108 cm³/mol. The zero-order chi connectivity index (χ0) is 21.6. The molecule has 8 heteroatoms. The summed E-state index contributed by atoms with van der Waals surface area (Å²) in [5.74, 6) is -2.19. The Bertz CT molecular complexity index is 983. The lowest BCUT2D eigenvalue weighted by Gasteiger charge is -2.25. The van der Waals surface area contributed by atoms with E-state index in [4.69, 9.17) is 0 Å². The highest BCUT2D eigenvalue weighted by Crippen LogP contribution is 2.31. The molecule has 30 heavy (non-hydrogen) atoms. The molecule has 2 aromatic carbocycles. The molecule has 0 spiro atoms. The van der Waals surface area contributed by atoms with Crippen molar-refractivity contribution in [1.29, 1.82) is 0 Å². The van der Waals surface area contributed by atoms with Gasteiger partial charge in [0.15, 0.2) is 0 Å². The topological polar surface area (TPSA) is 98.2 Å². The monoisotopic (exact) mass is 407 g/mol. The Morgan fingerprint density at radius 1 is 0.767 bits per heavy atom. The quantitative estimate of drug-likeness (QED) is 0.615.